The van der Waals surface area contributed by atoms with Crippen LogP contribution in [0.4, 0.5) is 57.5 Å². The van der Waals surface area contributed by atoms with E-state index in [2.05, 4.69) is 9.47 Å². The molecule has 4 aliphatic carbocycles. The molecule has 6 nitrogen and oxygen atoms in total. The normalized spacial score (nSPS) is 40.6. The van der Waals surface area contributed by atoms with Gasteiger partial charge in [0, 0.05) is 12.3 Å². The highest BCUT2D eigenvalue weighted by Gasteiger charge is 2.76. The maximum atomic E-state index is 14.4. The third-order valence-corrected chi connectivity index (χ3v) is 13.5. The van der Waals surface area contributed by atoms with Crippen LogP contribution in [0.15, 0.2) is 0 Å². The number of carbonyl (C=O) groups excluding carboxylic acids is 1. The van der Waals surface area contributed by atoms with E-state index in [1.165, 1.54) is 20.8 Å². The van der Waals surface area contributed by atoms with Crippen LogP contribution in [0.2, 0.25) is 0 Å². The Morgan fingerprint density at radius 2 is 1.06 bits per heavy atom. The van der Waals surface area contributed by atoms with Crippen molar-refractivity contribution in [2.24, 2.45) is 59.2 Å². The Morgan fingerprint density at radius 3 is 1.53 bits per heavy atom. The minimum Gasteiger partial charge on any atom is -0.429 e. The molecule has 18 heteroatoms. The van der Waals surface area contributed by atoms with E-state index in [-0.39, 0.29) is 48.3 Å². The summed E-state index contributed by atoms with van der Waals surface area (Å²) in [6.07, 6.45) is -29.5. The lowest BCUT2D eigenvalue weighted by Crippen LogP contribution is -2.61. The molecule has 6 fully saturated rings. The van der Waals surface area contributed by atoms with Crippen molar-refractivity contribution in [1.29, 1.82) is 0 Å². The van der Waals surface area contributed by atoms with Crippen molar-refractivity contribution < 1.29 is 81.5 Å². The van der Waals surface area contributed by atoms with Crippen molar-refractivity contribution in [1.82, 2.24) is 0 Å². The second-order valence-electron chi connectivity index (χ2n) is 17.8. The molecule has 2 heterocycles. The molecule has 14 atom stereocenters. The molecule has 0 radical (unpaired) electrons. The minimum absolute atomic E-state index is 0.000411. The smallest absolute Gasteiger partial charge is 0.429 e. The number of aliphatic hydroxyl groups is 1. The van der Waals surface area contributed by atoms with Crippen LogP contribution in [-0.2, 0) is 18.9 Å². The van der Waals surface area contributed by atoms with Gasteiger partial charge in [0.1, 0.15) is 5.60 Å². The molecule has 14 unspecified atom stereocenters. The van der Waals surface area contributed by atoms with Gasteiger partial charge in [-0.2, -0.15) is 52.7 Å². The predicted molar refractivity (Wildman–Crippen MR) is 160 cm³/mol. The van der Waals surface area contributed by atoms with Gasteiger partial charge in [-0.15, -0.1) is 0 Å². The Hall–Kier alpha value is -1.69. The van der Waals surface area contributed by atoms with Crippen LogP contribution in [0, 0.1) is 59.2 Å². The molecule has 6 aliphatic rings. The highest BCUT2D eigenvalue weighted by Crippen LogP contribution is 2.64. The van der Waals surface area contributed by atoms with Crippen molar-refractivity contribution >= 4 is 6.16 Å². The van der Waals surface area contributed by atoms with Crippen molar-refractivity contribution in [3.8, 4) is 0 Å². The summed E-state index contributed by atoms with van der Waals surface area (Å²) in [5, 5.41) is 9.93. The largest absolute Gasteiger partial charge is 0.510 e. The van der Waals surface area contributed by atoms with Crippen molar-refractivity contribution in [3.63, 3.8) is 0 Å². The number of fused-ring (bicyclic) bond motifs is 10. The third kappa shape index (κ3) is 6.91. The summed E-state index contributed by atoms with van der Waals surface area (Å²) in [7, 11) is 0. The number of rotatable bonds is 6. The second kappa shape index (κ2) is 12.9. The quantitative estimate of drug-likeness (QED) is 0.214. The molecule has 53 heavy (non-hydrogen) atoms. The number of carbonyl (C=O) groups is 1. The topological polar surface area (TPSA) is 74.2 Å². The van der Waals surface area contributed by atoms with E-state index in [0.717, 1.165) is 0 Å². The van der Waals surface area contributed by atoms with E-state index in [4.69, 9.17) is 9.47 Å². The Morgan fingerprint density at radius 1 is 0.585 bits per heavy atom. The molecule has 6 rings (SSSR count). The van der Waals surface area contributed by atoms with Gasteiger partial charge in [0.05, 0.1) is 24.4 Å². The monoisotopic (exact) mass is 790 g/mol. The SMILES string of the molecule is CC1CC2C3CC(CC(O)(C(F)(F)F)C(F)(F)F)C(C3)C2OC1C1CC2C3CC(CC(OC(=O)OC(C)(C)C)(C(F)(F)F)C(F)(F)F)C(C3)C2OC1C. The van der Waals surface area contributed by atoms with Gasteiger partial charge in [0.2, 0.25) is 0 Å². The first-order valence-electron chi connectivity index (χ1n) is 18.2. The average molecular weight is 791 g/mol. The molecule has 0 amide bonds. The molecule has 306 valence electrons. The number of hydrogen-bond acceptors (Lipinski definition) is 6. The van der Waals surface area contributed by atoms with Gasteiger partial charge < -0.3 is 24.1 Å². The number of alkyl halides is 12. The van der Waals surface area contributed by atoms with Crippen LogP contribution in [0.1, 0.15) is 86.0 Å². The molecule has 4 bridgehead atoms. The summed E-state index contributed by atoms with van der Waals surface area (Å²) in [5.74, 6) is -4.68. The zero-order valence-electron chi connectivity index (χ0n) is 29.8. The van der Waals surface area contributed by atoms with Crippen molar-refractivity contribution in [2.75, 3.05) is 0 Å². The van der Waals surface area contributed by atoms with E-state index in [1.54, 1.807) is 6.92 Å². The zero-order valence-corrected chi connectivity index (χ0v) is 29.8. The van der Waals surface area contributed by atoms with Crippen LogP contribution >= 0.6 is 0 Å². The molecular formula is C35H46F12O6. The summed E-state index contributed by atoms with van der Waals surface area (Å²) >= 11 is 0. The molecule has 0 aromatic rings. The van der Waals surface area contributed by atoms with E-state index in [9.17, 15) is 62.6 Å². The molecule has 4 saturated carbocycles. The summed E-state index contributed by atoms with van der Waals surface area (Å²) < 4.78 is 190. The lowest BCUT2D eigenvalue weighted by atomic mass is 9.66. The van der Waals surface area contributed by atoms with E-state index in [1.807, 2.05) is 6.92 Å². The van der Waals surface area contributed by atoms with Gasteiger partial charge in [-0.25, -0.2) is 4.79 Å². The number of hydrogen-bond donors (Lipinski definition) is 1. The standard InChI is InChI=1S/C35H46F12O6/c1-14-6-21-16-7-18(12-30(49,32(36,37)38)33(39,40)41)22(9-16)27(21)51-25(14)20-11-24-17-8-19(23(10-17)26(24)50-15(20)2)13-31(34(42,43)44,35(45,46)47)53-28(48)52-29(3,4)5/h14-27,49H,6-13H2,1-5H3. The summed E-state index contributed by atoms with van der Waals surface area (Å²) in [5.41, 5.74) is -11.1. The first-order chi connectivity index (χ1) is 24.0. The van der Waals surface area contributed by atoms with Gasteiger partial charge in [-0.05, 0) is 126 Å². The zero-order chi connectivity index (χ0) is 39.6. The minimum atomic E-state index is -6.02. The second-order valence-corrected chi connectivity index (χ2v) is 17.8. The lowest BCUT2D eigenvalue weighted by Gasteiger charge is -2.52. The Kier molecular flexibility index (Phi) is 9.98. The first-order valence-corrected chi connectivity index (χ1v) is 18.2. The molecule has 0 aromatic heterocycles. The molecule has 1 N–H and O–H groups in total. The fourth-order valence-corrected chi connectivity index (χ4v) is 11.4. The Balaban J connectivity index is 1.15. The summed E-state index contributed by atoms with van der Waals surface area (Å²) in [6, 6.07) is 0. The van der Waals surface area contributed by atoms with Crippen molar-refractivity contribution in [2.45, 2.75) is 152 Å². The van der Waals surface area contributed by atoms with Crippen LogP contribution in [-0.4, -0.2) is 77.2 Å². The van der Waals surface area contributed by atoms with Gasteiger partial charge in [-0.3, -0.25) is 0 Å². The molecule has 2 saturated heterocycles. The summed E-state index contributed by atoms with van der Waals surface area (Å²) in [4.78, 5) is 12.3. The highest BCUT2D eigenvalue weighted by atomic mass is 19.4. The van der Waals surface area contributed by atoms with Gasteiger partial charge in [-0.1, -0.05) is 6.92 Å². The average Bonchev–Trinajstić information content (AvgIpc) is 3.73. The molecule has 2 aliphatic heterocycles. The van der Waals surface area contributed by atoms with E-state index >= 15 is 0 Å². The third-order valence-electron chi connectivity index (χ3n) is 13.5. The number of ether oxygens (including phenoxy) is 4. The van der Waals surface area contributed by atoms with Crippen LogP contribution in [0.3, 0.4) is 0 Å². The first kappa shape index (κ1) is 41.0. The van der Waals surface area contributed by atoms with Gasteiger partial charge in [0.25, 0.3) is 5.60 Å². The Bertz CT molecular complexity index is 1340. The number of halogens is 12. The molecular weight excluding hydrogens is 744 g/mol. The maximum Gasteiger partial charge on any atom is 0.510 e. The van der Waals surface area contributed by atoms with Crippen LogP contribution in [0.25, 0.3) is 0 Å². The maximum absolute atomic E-state index is 14.4. The van der Waals surface area contributed by atoms with Gasteiger partial charge in [0.15, 0.2) is 0 Å². The van der Waals surface area contributed by atoms with Crippen LogP contribution in [0.5, 0.6) is 0 Å². The highest BCUT2D eigenvalue weighted by molar-refractivity contribution is 5.61. The summed E-state index contributed by atoms with van der Waals surface area (Å²) in [6.45, 7) is 7.48. The van der Waals surface area contributed by atoms with E-state index in [0.29, 0.717) is 25.7 Å². The lowest BCUT2D eigenvalue weighted by molar-refractivity contribution is -0.375. The predicted octanol–water partition coefficient (Wildman–Crippen LogP) is 9.57. The Labute approximate surface area is 299 Å². The fraction of sp³-hybridized carbons (Fsp3) is 0.971. The van der Waals surface area contributed by atoms with E-state index < -0.39 is 109 Å². The van der Waals surface area contributed by atoms with Crippen molar-refractivity contribution in [3.05, 3.63) is 0 Å². The van der Waals surface area contributed by atoms with Gasteiger partial charge >= 0.3 is 36.5 Å². The van der Waals surface area contributed by atoms with Crippen LogP contribution < -0.4 is 0 Å². The molecule has 0 aromatic carbocycles. The fourth-order valence-electron chi connectivity index (χ4n) is 11.4. The molecule has 0 spiro atoms.